The fourth-order valence-corrected chi connectivity index (χ4v) is 2.59. The molecule has 1 aromatic rings. The highest BCUT2D eigenvalue weighted by Crippen LogP contribution is 2.30. The van der Waals surface area contributed by atoms with E-state index in [2.05, 4.69) is 15.9 Å². The minimum Gasteiger partial charge on any atom is -0.480 e. The number of hydrogen-bond donors (Lipinski definition) is 1. The highest BCUT2D eigenvalue weighted by molar-refractivity contribution is 9.10. The molecule has 0 atom stereocenters. The number of carboxylic acids is 1. The molecular formula is C15H19BrN2O3. The molecule has 1 fully saturated rings. The molecule has 0 unspecified atom stereocenters. The van der Waals surface area contributed by atoms with Crippen LogP contribution in [0.4, 0.5) is 4.79 Å². The zero-order valence-electron chi connectivity index (χ0n) is 12.0. The largest absolute Gasteiger partial charge is 0.480 e. The van der Waals surface area contributed by atoms with Gasteiger partial charge in [0.25, 0.3) is 0 Å². The number of aliphatic carboxylic acids is 1. The van der Waals surface area contributed by atoms with E-state index in [0.717, 1.165) is 22.9 Å². The lowest BCUT2D eigenvalue weighted by atomic mass is 10.2. The molecule has 1 aliphatic rings. The van der Waals surface area contributed by atoms with Crippen molar-refractivity contribution in [3.63, 3.8) is 0 Å². The molecule has 1 N–H and O–H groups in total. The smallest absolute Gasteiger partial charge is 0.323 e. The van der Waals surface area contributed by atoms with E-state index in [4.69, 9.17) is 5.11 Å². The Bertz CT molecular complexity index is 531. The molecule has 0 aliphatic heterocycles. The van der Waals surface area contributed by atoms with Gasteiger partial charge in [0.2, 0.25) is 0 Å². The molecule has 1 saturated carbocycles. The third-order valence-electron chi connectivity index (χ3n) is 3.46. The third-order valence-corrected chi connectivity index (χ3v) is 4.24. The average Bonchev–Trinajstić information content (AvgIpc) is 3.23. The van der Waals surface area contributed by atoms with Gasteiger partial charge in [0.05, 0.1) is 0 Å². The van der Waals surface area contributed by atoms with Gasteiger partial charge in [0.15, 0.2) is 0 Å². The minimum absolute atomic E-state index is 0.236. The summed E-state index contributed by atoms with van der Waals surface area (Å²) in [5, 5.41) is 8.96. The predicted octanol–water partition coefficient (Wildman–Crippen LogP) is 2.80. The maximum atomic E-state index is 12.4. The highest BCUT2D eigenvalue weighted by atomic mass is 79.9. The first-order valence-corrected chi connectivity index (χ1v) is 7.72. The Morgan fingerprint density at radius 1 is 1.33 bits per heavy atom. The van der Waals surface area contributed by atoms with Crippen LogP contribution < -0.4 is 0 Å². The number of rotatable bonds is 6. The summed E-state index contributed by atoms with van der Waals surface area (Å²) in [5.74, 6) is -0.511. The first-order chi connectivity index (χ1) is 9.97. The standard InChI is InChI=1S/C15H19BrN2O3/c1-17(9-12-4-2-3-5-13(12)16)15(21)18(10-14(19)20)8-11-6-7-11/h2-5,11H,6-10H2,1H3,(H,19,20). The number of nitrogens with zero attached hydrogens (tertiary/aromatic N) is 2. The number of carbonyl (C=O) groups is 2. The van der Waals surface area contributed by atoms with E-state index in [9.17, 15) is 9.59 Å². The summed E-state index contributed by atoms with van der Waals surface area (Å²) in [6, 6.07) is 7.46. The molecule has 0 heterocycles. The second kappa shape index (κ2) is 6.93. The van der Waals surface area contributed by atoms with Crippen molar-refractivity contribution in [3.8, 4) is 0 Å². The van der Waals surface area contributed by atoms with Crippen LogP contribution in [0.3, 0.4) is 0 Å². The van der Waals surface area contributed by atoms with Crippen molar-refractivity contribution in [2.45, 2.75) is 19.4 Å². The minimum atomic E-state index is -0.974. The molecular weight excluding hydrogens is 336 g/mol. The van der Waals surface area contributed by atoms with Crippen LogP contribution in [0, 0.1) is 5.92 Å². The van der Waals surface area contributed by atoms with Gasteiger partial charge in [0.1, 0.15) is 6.54 Å². The van der Waals surface area contributed by atoms with Crippen LogP contribution in [-0.4, -0.2) is 47.0 Å². The van der Waals surface area contributed by atoms with Crippen LogP contribution in [-0.2, 0) is 11.3 Å². The second-order valence-corrected chi connectivity index (χ2v) is 6.30. The first kappa shape index (κ1) is 15.8. The quantitative estimate of drug-likeness (QED) is 0.854. The lowest BCUT2D eigenvalue weighted by molar-refractivity contribution is -0.137. The van der Waals surface area contributed by atoms with E-state index in [-0.39, 0.29) is 12.6 Å². The third kappa shape index (κ3) is 4.74. The van der Waals surface area contributed by atoms with E-state index >= 15 is 0 Å². The molecule has 5 nitrogen and oxygen atoms in total. The van der Waals surface area contributed by atoms with Gasteiger partial charge in [-0.15, -0.1) is 0 Å². The van der Waals surface area contributed by atoms with Gasteiger partial charge < -0.3 is 14.9 Å². The average molecular weight is 355 g/mol. The number of halogens is 1. The molecule has 1 aliphatic carbocycles. The monoisotopic (exact) mass is 354 g/mol. The lowest BCUT2D eigenvalue weighted by Gasteiger charge is -2.27. The Morgan fingerprint density at radius 2 is 2.00 bits per heavy atom. The second-order valence-electron chi connectivity index (χ2n) is 5.45. The van der Waals surface area contributed by atoms with Crippen molar-refractivity contribution in [2.75, 3.05) is 20.1 Å². The van der Waals surface area contributed by atoms with Crippen molar-refractivity contribution in [1.29, 1.82) is 0 Å². The van der Waals surface area contributed by atoms with E-state index in [0.29, 0.717) is 19.0 Å². The SMILES string of the molecule is CN(Cc1ccccc1Br)C(=O)N(CC(=O)O)CC1CC1. The fraction of sp³-hybridized carbons (Fsp3) is 0.467. The number of carboxylic acid groups (broad SMARTS) is 1. The van der Waals surface area contributed by atoms with Gasteiger partial charge in [-0.25, -0.2) is 4.79 Å². The highest BCUT2D eigenvalue weighted by Gasteiger charge is 2.29. The van der Waals surface area contributed by atoms with E-state index in [1.807, 2.05) is 24.3 Å². The summed E-state index contributed by atoms with van der Waals surface area (Å²) in [7, 11) is 1.70. The number of hydrogen-bond acceptors (Lipinski definition) is 2. The molecule has 2 rings (SSSR count). The van der Waals surface area contributed by atoms with Crippen molar-refractivity contribution in [1.82, 2.24) is 9.80 Å². The van der Waals surface area contributed by atoms with Gasteiger partial charge in [-0.2, -0.15) is 0 Å². The van der Waals surface area contributed by atoms with Crippen molar-refractivity contribution < 1.29 is 14.7 Å². The molecule has 0 radical (unpaired) electrons. The fourth-order valence-electron chi connectivity index (χ4n) is 2.18. The summed E-state index contributed by atoms with van der Waals surface area (Å²) < 4.78 is 0.941. The summed E-state index contributed by atoms with van der Waals surface area (Å²) in [6.45, 7) is 0.738. The van der Waals surface area contributed by atoms with E-state index in [1.54, 1.807) is 11.9 Å². The van der Waals surface area contributed by atoms with Crippen LogP contribution in [0.5, 0.6) is 0 Å². The number of urea groups is 1. The molecule has 0 bridgehead atoms. The molecule has 0 spiro atoms. The molecule has 1 aromatic carbocycles. The zero-order valence-corrected chi connectivity index (χ0v) is 13.5. The number of amides is 2. The Morgan fingerprint density at radius 3 is 2.57 bits per heavy atom. The van der Waals surface area contributed by atoms with Crippen LogP contribution in [0.25, 0.3) is 0 Å². The van der Waals surface area contributed by atoms with Crippen LogP contribution in [0.15, 0.2) is 28.7 Å². The molecule has 2 amide bonds. The van der Waals surface area contributed by atoms with E-state index < -0.39 is 5.97 Å². The van der Waals surface area contributed by atoms with Crippen molar-refractivity contribution in [3.05, 3.63) is 34.3 Å². The summed E-state index contributed by atoms with van der Waals surface area (Å²) in [6.07, 6.45) is 2.16. The Balaban J connectivity index is 2.01. The zero-order chi connectivity index (χ0) is 15.4. The Labute approximate surface area is 132 Å². The first-order valence-electron chi connectivity index (χ1n) is 6.92. The molecule has 6 heteroatoms. The number of benzene rings is 1. The maximum absolute atomic E-state index is 12.4. The van der Waals surface area contributed by atoms with Gasteiger partial charge >= 0.3 is 12.0 Å². The van der Waals surface area contributed by atoms with Gasteiger partial charge in [-0.05, 0) is 30.4 Å². The van der Waals surface area contributed by atoms with Gasteiger partial charge in [-0.3, -0.25) is 4.79 Å². The molecule has 0 saturated heterocycles. The molecule has 0 aromatic heterocycles. The Hall–Kier alpha value is -1.56. The van der Waals surface area contributed by atoms with Crippen molar-refractivity contribution >= 4 is 27.9 Å². The summed E-state index contributed by atoms with van der Waals surface area (Å²) in [4.78, 5) is 26.4. The Kier molecular flexibility index (Phi) is 5.22. The van der Waals surface area contributed by atoms with Gasteiger partial charge in [-0.1, -0.05) is 34.1 Å². The molecule has 114 valence electrons. The topological polar surface area (TPSA) is 60.9 Å². The predicted molar refractivity (Wildman–Crippen MR) is 82.9 cm³/mol. The number of carbonyl (C=O) groups excluding carboxylic acids is 1. The summed E-state index contributed by atoms with van der Waals surface area (Å²) in [5.41, 5.74) is 0.995. The van der Waals surface area contributed by atoms with Crippen LogP contribution in [0.1, 0.15) is 18.4 Å². The lowest BCUT2D eigenvalue weighted by Crippen LogP contribution is -2.44. The molecule has 21 heavy (non-hydrogen) atoms. The van der Waals surface area contributed by atoms with Crippen LogP contribution >= 0.6 is 15.9 Å². The van der Waals surface area contributed by atoms with E-state index in [1.165, 1.54) is 4.90 Å². The van der Waals surface area contributed by atoms with Crippen molar-refractivity contribution in [2.24, 2.45) is 5.92 Å². The maximum Gasteiger partial charge on any atom is 0.323 e. The summed E-state index contributed by atoms with van der Waals surface area (Å²) >= 11 is 3.46. The normalized spacial score (nSPS) is 13.8. The van der Waals surface area contributed by atoms with Crippen LogP contribution in [0.2, 0.25) is 0 Å². The van der Waals surface area contributed by atoms with Gasteiger partial charge in [0, 0.05) is 24.6 Å².